The lowest BCUT2D eigenvalue weighted by Gasteiger charge is -2.11. The molecule has 0 saturated carbocycles. The van der Waals surface area contributed by atoms with E-state index in [2.05, 4.69) is 10.1 Å². The lowest BCUT2D eigenvalue weighted by Crippen LogP contribution is -2.14. The number of hydrogen-bond acceptors (Lipinski definition) is 3. The van der Waals surface area contributed by atoms with Crippen molar-refractivity contribution in [3.8, 4) is 0 Å². The van der Waals surface area contributed by atoms with Crippen molar-refractivity contribution in [3.63, 3.8) is 0 Å². The fourth-order valence-corrected chi connectivity index (χ4v) is 2.02. The van der Waals surface area contributed by atoms with Crippen LogP contribution in [0.4, 0.5) is 0 Å². The number of rotatable bonds is 3. The van der Waals surface area contributed by atoms with Gasteiger partial charge >= 0.3 is 0 Å². The highest BCUT2D eigenvalue weighted by atomic mass is 35.5. The Kier molecular flexibility index (Phi) is 3.48. The topological polar surface area (TPSA) is 47.8 Å². The van der Waals surface area contributed by atoms with Crippen LogP contribution in [0.2, 0.25) is 5.02 Å². The first-order valence-electron chi connectivity index (χ1n) is 5.70. The summed E-state index contributed by atoms with van der Waals surface area (Å²) in [4.78, 5) is 16.5. The number of pyridine rings is 1. The van der Waals surface area contributed by atoms with Gasteiger partial charge in [-0.3, -0.25) is 14.5 Å². The number of carbonyl (C=O) groups is 1. The van der Waals surface area contributed by atoms with Gasteiger partial charge in [-0.1, -0.05) is 11.6 Å². The zero-order valence-electron chi connectivity index (χ0n) is 10.5. The molecule has 0 aliphatic carbocycles. The summed E-state index contributed by atoms with van der Waals surface area (Å²) in [6.45, 7) is 5.77. The van der Waals surface area contributed by atoms with Gasteiger partial charge in [0.2, 0.25) is 5.78 Å². The van der Waals surface area contributed by atoms with Crippen molar-refractivity contribution in [1.29, 1.82) is 0 Å². The fourth-order valence-electron chi connectivity index (χ4n) is 1.80. The van der Waals surface area contributed by atoms with Gasteiger partial charge in [-0.2, -0.15) is 5.10 Å². The van der Waals surface area contributed by atoms with Gasteiger partial charge in [-0.15, -0.1) is 0 Å². The molecule has 0 spiro atoms. The van der Waals surface area contributed by atoms with Gasteiger partial charge in [0.1, 0.15) is 5.69 Å². The van der Waals surface area contributed by atoms with Crippen molar-refractivity contribution in [1.82, 2.24) is 14.8 Å². The van der Waals surface area contributed by atoms with Crippen LogP contribution in [-0.2, 0) is 0 Å². The predicted molar refractivity (Wildman–Crippen MR) is 70.0 cm³/mol. The summed E-state index contributed by atoms with van der Waals surface area (Å²) >= 11 is 6.07. The lowest BCUT2D eigenvalue weighted by molar-refractivity contribution is 0.102. The maximum atomic E-state index is 12.5. The SMILES string of the molecule is Cc1cnccc1C(=O)c1c(Cl)cnn1C(C)C. The van der Waals surface area contributed by atoms with Crippen LogP contribution in [0.15, 0.2) is 24.7 Å². The van der Waals surface area contributed by atoms with Crippen molar-refractivity contribution in [3.05, 3.63) is 46.5 Å². The summed E-state index contributed by atoms with van der Waals surface area (Å²) in [5, 5.41) is 4.52. The van der Waals surface area contributed by atoms with E-state index in [1.807, 2.05) is 20.8 Å². The number of carbonyl (C=O) groups excluding carboxylic acids is 1. The largest absolute Gasteiger partial charge is 0.287 e. The molecule has 2 aromatic rings. The van der Waals surface area contributed by atoms with E-state index < -0.39 is 0 Å². The molecule has 0 radical (unpaired) electrons. The summed E-state index contributed by atoms with van der Waals surface area (Å²) in [5.41, 5.74) is 1.87. The monoisotopic (exact) mass is 263 g/mol. The molecule has 0 saturated heterocycles. The molecule has 4 nitrogen and oxygen atoms in total. The van der Waals surface area contributed by atoms with E-state index in [-0.39, 0.29) is 11.8 Å². The molecule has 0 N–H and O–H groups in total. The van der Waals surface area contributed by atoms with E-state index in [9.17, 15) is 4.79 Å². The summed E-state index contributed by atoms with van der Waals surface area (Å²) < 4.78 is 1.64. The van der Waals surface area contributed by atoms with E-state index in [1.54, 1.807) is 23.1 Å². The Morgan fingerprint density at radius 1 is 1.39 bits per heavy atom. The molecule has 0 aliphatic rings. The first-order chi connectivity index (χ1) is 8.52. The average Bonchev–Trinajstić information content (AvgIpc) is 2.71. The van der Waals surface area contributed by atoms with E-state index >= 15 is 0 Å². The number of hydrogen-bond donors (Lipinski definition) is 0. The molecule has 2 rings (SSSR count). The number of aromatic nitrogens is 3. The number of aryl methyl sites for hydroxylation is 1. The summed E-state index contributed by atoms with van der Waals surface area (Å²) in [6.07, 6.45) is 4.77. The van der Waals surface area contributed by atoms with E-state index in [0.29, 0.717) is 16.3 Å². The van der Waals surface area contributed by atoms with Crippen LogP contribution in [0.3, 0.4) is 0 Å². The number of ketones is 1. The van der Waals surface area contributed by atoms with E-state index in [0.717, 1.165) is 5.56 Å². The molecule has 0 bridgehead atoms. The maximum absolute atomic E-state index is 12.5. The van der Waals surface area contributed by atoms with Gasteiger partial charge < -0.3 is 0 Å². The molecule has 5 heteroatoms. The molecule has 0 fully saturated rings. The molecule has 2 aromatic heterocycles. The highest BCUT2D eigenvalue weighted by Gasteiger charge is 2.21. The average molecular weight is 264 g/mol. The number of nitrogens with zero attached hydrogens (tertiary/aromatic N) is 3. The van der Waals surface area contributed by atoms with Gasteiger partial charge in [0.05, 0.1) is 11.2 Å². The van der Waals surface area contributed by atoms with Crippen LogP contribution >= 0.6 is 11.6 Å². The normalized spacial score (nSPS) is 10.9. The van der Waals surface area contributed by atoms with Gasteiger partial charge in [-0.05, 0) is 32.4 Å². The molecule has 0 aromatic carbocycles. The first-order valence-corrected chi connectivity index (χ1v) is 6.08. The molecule has 0 aliphatic heterocycles. The molecule has 0 amide bonds. The lowest BCUT2D eigenvalue weighted by atomic mass is 10.0. The zero-order chi connectivity index (χ0) is 13.3. The van der Waals surface area contributed by atoms with Crippen molar-refractivity contribution in [2.45, 2.75) is 26.8 Å². The third kappa shape index (κ3) is 2.16. The second kappa shape index (κ2) is 4.90. The van der Waals surface area contributed by atoms with Crippen molar-refractivity contribution < 1.29 is 4.79 Å². The zero-order valence-corrected chi connectivity index (χ0v) is 11.3. The first kappa shape index (κ1) is 12.8. The summed E-state index contributed by atoms with van der Waals surface area (Å²) in [7, 11) is 0. The fraction of sp³-hybridized carbons (Fsp3) is 0.308. The quantitative estimate of drug-likeness (QED) is 0.800. The minimum absolute atomic E-state index is 0.0820. The molecule has 0 unspecified atom stereocenters. The molecule has 94 valence electrons. The Morgan fingerprint density at radius 2 is 2.11 bits per heavy atom. The van der Waals surface area contributed by atoms with Gasteiger partial charge in [-0.25, -0.2) is 0 Å². The minimum Gasteiger partial charge on any atom is -0.287 e. The third-order valence-corrected chi connectivity index (χ3v) is 3.00. The van der Waals surface area contributed by atoms with Gasteiger partial charge in [0.25, 0.3) is 0 Å². The smallest absolute Gasteiger partial charge is 0.212 e. The second-order valence-electron chi connectivity index (χ2n) is 4.40. The van der Waals surface area contributed by atoms with E-state index in [4.69, 9.17) is 11.6 Å². The molecule has 18 heavy (non-hydrogen) atoms. The van der Waals surface area contributed by atoms with Gasteiger partial charge in [0.15, 0.2) is 0 Å². The van der Waals surface area contributed by atoms with Gasteiger partial charge in [0, 0.05) is 24.0 Å². The van der Waals surface area contributed by atoms with Crippen LogP contribution in [0, 0.1) is 6.92 Å². The standard InChI is InChI=1S/C13H14ClN3O/c1-8(2)17-12(11(14)7-16-17)13(18)10-4-5-15-6-9(10)3/h4-8H,1-3H3. The van der Waals surface area contributed by atoms with Crippen molar-refractivity contribution >= 4 is 17.4 Å². The highest BCUT2D eigenvalue weighted by molar-refractivity contribution is 6.34. The minimum atomic E-state index is -0.119. The Balaban J connectivity index is 2.53. The second-order valence-corrected chi connectivity index (χ2v) is 4.81. The number of halogens is 1. The van der Waals surface area contributed by atoms with Crippen molar-refractivity contribution in [2.24, 2.45) is 0 Å². The Bertz CT molecular complexity index is 590. The van der Waals surface area contributed by atoms with Crippen LogP contribution in [-0.4, -0.2) is 20.5 Å². The molecular weight excluding hydrogens is 250 g/mol. The third-order valence-electron chi connectivity index (χ3n) is 2.72. The molecule has 2 heterocycles. The molecular formula is C13H14ClN3O. The van der Waals surface area contributed by atoms with Crippen LogP contribution in [0.1, 0.15) is 41.5 Å². The van der Waals surface area contributed by atoms with Crippen molar-refractivity contribution in [2.75, 3.05) is 0 Å². The Labute approximate surface area is 111 Å². The summed E-state index contributed by atoms with van der Waals surface area (Å²) in [6, 6.07) is 1.78. The predicted octanol–water partition coefficient (Wildman–Crippen LogP) is 3.05. The molecule has 0 atom stereocenters. The summed E-state index contributed by atoms with van der Waals surface area (Å²) in [5.74, 6) is -0.119. The van der Waals surface area contributed by atoms with E-state index in [1.165, 1.54) is 6.20 Å². The van der Waals surface area contributed by atoms with Crippen LogP contribution in [0.25, 0.3) is 0 Å². The maximum Gasteiger partial charge on any atom is 0.212 e. The van der Waals surface area contributed by atoms with Crippen LogP contribution in [0.5, 0.6) is 0 Å². The highest BCUT2D eigenvalue weighted by Crippen LogP contribution is 2.23. The van der Waals surface area contributed by atoms with Crippen LogP contribution < -0.4 is 0 Å². The Hall–Kier alpha value is -1.68. The Morgan fingerprint density at radius 3 is 2.72 bits per heavy atom.